The number of hydrogen-bond acceptors (Lipinski definition) is 3. The number of benzene rings is 1. The van der Waals surface area contributed by atoms with Crippen LogP contribution in [0.15, 0.2) is 24.3 Å². The van der Waals surface area contributed by atoms with Gasteiger partial charge in [0.15, 0.2) is 0 Å². The Balaban J connectivity index is 2.25. The molecule has 0 aliphatic carbocycles. The number of unbranched alkanes of at least 4 members (excludes halogenated alkanes) is 2. The van der Waals surface area contributed by atoms with Crippen LogP contribution >= 0.6 is 0 Å². The summed E-state index contributed by atoms with van der Waals surface area (Å²) in [5.41, 5.74) is 1.25. The Bertz CT molecular complexity index is 406. The summed E-state index contributed by atoms with van der Waals surface area (Å²) < 4.78 is 16.8. The number of hydrogen-bond donors (Lipinski definition) is 1. The van der Waals surface area contributed by atoms with E-state index in [0.717, 1.165) is 37.5 Å². The van der Waals surface area contributed by atoms with Gasteiger partial charge < -0.3 is 10.1 Å². The minimum Gasteiger partial charge on any atom is -0.494 e. The number of rotatable bonds is 11. The molecule has 0 radical (unpaired) electrons. The lowest BCUT2D eigenvalue weighted by atomic mass is 10.2. The predicted molar refractivity (Wildman–Crippen MR) is 91.3 cm³/mol. The molecule has 0 aliphatic rings. The van der Waals surface area contributed by atoms with E-state index in [1.165, 1.54) is 18.4 Å². The van der Waals surface area contributed by atoms with E-state index in [9.17, 15) is 4.21 Å². The van der Waals surface area contributed by atoms with Crippen molar-refractivity contribution >= 4 is 10.8 Å². The molecular weight excluding hydrogens is 282 g/mol. The second kappa shape index (κ2) is 10.8. The molecular formula is C17H29NO2S. The second-order valence-electron chi connectivity index (χ2n) is 5.55. The molecule has 1 aromatic carbocycles. The maximum Gasteiger partial charge on any atom is 0.119 e. The lowest BCUT2D eigenvalue weighted by Crippen LogP contribution is -2.26. The Morgan fingerprint density at radius 1 is 1.24 bits per heavy atom. The molecule has 0 saturated carbocycles. The van der Waals surface area contributed by atoms with Crippen LogP contribution in [0.1, 0.15) is 45.1 Å². The highest BCUT2D eigenvalue weighted by Crippen LogP contribution is 2.13. The predicted octanol–water partition coefficient (Wildman–Crippen LogP) is 3.50. The summed E-state index contributed by atoms with van der Waals surface area (Å²) in [5.74, 6) is 1.71. The van der Waals surface area contributed by atoms with Crippen LogP contribution in [0.2, 0.25) is 0 Å². The molecule has 0 bridgehead atoms. The van der Waals surface area contributed by atoms with E-state index < -0.39 is 10.8 Å². The Labute approximate surface area is 131 Å². The van der Waals surface area contributed by atoms with E-state index in [0.29, 0.717) is 6.04 Å². The van der Waals surface area contributed by atoms with Crippen molar-refractivity contribution in [2.75, 3.05) is 18.6 Å². The molecule has 0 aromatic heterocycles. The van der Waals surface area contributed by atoms with Crippen molar-refractivity contribution in [1.29, 1.82) is 0 Å². The van der Waals surface area contributed by atoms with Gasteiger partial charge in [-0.1, -0.05) is 31.9 Å². The van der Waals surface area contributed by atoms with Gasteiger partial charge in [0.05, 0.1) is 6.61 Å². The first kappa shape index (κ1) is 18.2. The van der Waals surface area contributed by atoms with Crippen LogP contribution in [0.4, 0.5) is 0 Å². The van der Waals surface area contributed by atoms with Crippen LogP contribution < -0.4 is 10.1 Å². The highest BCUT2D eigenvalue weighted by molar-refractivity contribution is 7.84. The van der Waals surface area contributed by atoms with Crippen molar-refractivity contribution in [3.8, 4) is 5.75 Å². The third-order valence-electron chi connectivity index (χ3n) is 3.43. The topological polar surface area (TPSA) is 38.3 Å². The first-order valence-corrected chi connectivity index (χ1v) is 9.59. The van der Waals surface area contributed by atoms with Gasteiger partial charge in [0.25, 0.3) is 0 Å². The van der Waals surface area contributed by atoms with Gasteiger partial charge in [-0.2, -0.15) is 0 Å². The lowest BCUT2D eigenvalue weighted by molar-refractivity contribution is 0.306. The van der Waals surface area contributed by atoms with Gasteiger partial charge in [0.1, 0.15) is 5.75 Å². The largest absolute Gasteiger partial charge is 0.494 e. The molecule has 3 nitrogen and oxygen atoms in total. The van der Waals surface area contributed by atoms with Crippen LogP contribution in [-0.4, -0.2) is 28.9 Å². The SMILES string of the molecule is CCCCCOc1ccc(CNC(C)CCS(C)=O)cc1. The van der Waals surface area contributed by atoms with Crippen LogP contribution in [0.5, 0.6) is 5.75 Å². The minimum atomic E-state index is -0.699. The molecule has 0 fully saturated rings. The van der Waals surface area contributed by atoms with Gasteiger partial charge in [0, 0.05) is 35.4 Å². The Morgan fingerprint density at radius 2 is 1.95 bits per heavy atom. The summed E-state index contributed by atoms with van der Waals surface area (Å²) in [7, 11) is -0.699. The van der Waals surface area contributed by atoms with Crippen molar-refractivity contribution in [3.63, 3.8) is 0 Å². The van der Waals surface area contributed by atoms with Crippen molar-refractivity contribution in [2.45, 2.75) is 52.1 Å². The molecule has 0 heterocycles. The zero-order chi connectivity index (χ0) is 15.5. The van der Waals surface area contributed by atoms with Crippen molar-refractivity contribution < 1.29 is 8.95 Å². The molecule has 21 heavy (non-hydrogen) atoms. The summed E-state index contributed by atoms with van der Waals surface area (Å²) in [6.45, 7) is 5.98. The van der Waals surface area contributed by atoms with E-state index in [1.54, 1.807) is 6.26 Å². The van der Waals surface area contributed by atoms with E-state index in [4.69, 9.17) is 4.74 Å². The first-order chi connectivity index (χ1) is 10.1. The summed E-state index contributed by atoms with van der Waals surface area (Å²) in [4.78, 5) is 0. The Hall–Kier alpha value is -0.870. The molecule has 1 N–H and O–H groups in total. The van der Waals surface area contributed by atoms with Gasteiger partial charge in [-0.25, -0.2) is 0 Å². The normalized spacial score (nSPS) is 13.9. The fourth-order valence-electron chi connectivity index (χ4n) is 1.98. The monoisotopic (exact) mass is 311 g/mol. The van der Waals surface area contributed by atoms with Gasteiger partial charge >= 0.3 is 0 Å². The quantitative estimate of drug-likeness (QED) is 0.636. The van der Waals surface area contributed by atoms with Crippen LogP contribution in [0.3, 0.4) is 0 Å². The molecule has 0 spiro atoms. The smallest absolute Gasteiger partial charge is 0.119 e. The van der Waals surface area contributed by atoms with Crippen LogP contribution in [0, 0.1) is 0 Å². The Kier molecular flexibility index (Phi) is 9.35. The maximum absolute atomic E-state index is 11.1. The first-order valence-electron chi connectivity index (χ1n) is 7.87. The molecule has 0 saturated heterocycles. The molecule has 2 unspecified atom stereocenters. The lowest BCUT2D eigenvalue weighted by Gasteiger charge is -2.13. The molecule has 120 valence electrons. The number of nitrogens with one attached hydrogen (secondary N) is 1. The standard InChI is InChI=1S/C17H29NO2S/c1-4-5-6-12-20-17-9-7-16(8-10-17)14-18-15(2)11-13-21(3)19/h7-10,15,18H,4-6,11-14H2,1-3H3. The zero-order valence-electron chi connectivity index (χ0n) is 13.6. The molecule has 2 atom stereocenters. The van der Waals surface area contributed by atoms with Gasteiger partial charge in [-0.05, 0) is 37.5 Å². The van der Waals surface area contributed by atoms with Gasteiger partial charge in [0.2, 0.25) is 0 Å². The van der Waals surface area contributed by atoms with Gasteiger partial charge in [-0.3, -0.25) is 4.21 Å². The molecule has 1 rings (SSSR count). The summed E-state index contributed by atoms with van der Waals surface area (Å²) in [6.07, 6.45) is 6.27. The molecule has 1 aromatic rings. The van der Waals surface area contributed by atoms with Crippen molar-refractivity contribution in [3.05, 3.63) is 29.8 Å². The highest BCUT2D eigenvalue weighted by atomic mass is 32.2. The van der Waals surface area contributed by atoms with Gasteiger partial charge in [-0.15, -0.1) is 0 Å². The van der Waals surface area contributed by atoms with Crippen LogP contribution in [-0.2, 0) is 17.3 Å². The van der Waals surface area contributed by atoms with E-state index in [2.05, 4.69) is 31.3 Å². The van der Waals surface area contributed by atoms with Crippen molar-refractivity contribution in [1.82, 2.24) is 5.32 Å². The number of ether oxygens (including phenoxy) is 1. The molecule has 4 heteroatoms. The summed E-state index contributed by atoms with van der Waals surface area (Å²) >= 11 is 0. The average Bonchev–Trinajstić information content (AvgIpc) is 2.48. The van der Waals surface area contributed by atoms with E-state index >= 15 is 0 Å². The summed E-state index contributed by atoms with van der Waals surface area (Å²) in [6, 6.07) is 8.67. The fourth-order valence-corrected chi connectivity index (χ4v) is 2.67. The fraction of sp³-hybridized carbons (Fsp3) is 0.647. The molecule has 0 aliphatic heterocycles. The van der Waals surface area contributed by atoms with E-state index in [1.807, 2.05) is 12.1 Å². The van der Waals surface area contributed by atoms with Crippen LogP contribution in [0.25, 0.3) is 0 Å². The maximum atomic E-state index is 11.1. The molecule has 0 amide bonds. The average molecular weight is 311 g/mol. The van der Waals surface area contributed by atoms with Crippen molar-refractivity contribution in [2.24, 2.45) is 0 Å². The highest BCUT2D eigenvalue weighted by Gasteiger charge is 2.03. The second-order valence-corrected chi connectivity index (χ2v) is 7.10. The minimum absolute atomic E-state index is 0.388. The zero-order valence-corrected chi connectivity index (χ0v) is 14.4. The van der Waals surface area contributed by atoms with E-state index in [-0.39, 0.29) is 0 Å². The summed E-state index contributed by atoms with van der Waals surface area (Å²) in [5, 5.41) is 3.46. The third-order valence-corrected chi connectivity index (χ3v) is 4.24. The Morgan fingerprint density at radius 3 is 2.57 bits per heavy atom. The third kappa shape index (κ3) is 8.89.